The zero-order valence-electron chi connectivity index (χ0n) is 10.2. The standard InChI is InChI=1S/C15H12BrClN2/c16-14-2-1-3-15(13(14)10-18)19-9-8-11-4-6-12(17)7-5-11/h1-7,19H,8-9H2. The second-order valence-electron chi connectivity index (χ2n) is 4.08. The van der Waals surface area contributed by atoms with E-state index in [0.717, 1.165) is 28.1 Å². The van der Waals surface area contributed by atoms with Crippen LogP contribution >= 0.6 is 27.5 Å². The lowest BCUT2D eigenvalue weighted by molar-refractivity contribution is 1.02. The Labute approximate surface area is 126 Å². The van der Waals surface area contributed by atoms with Gasteiger partial charge in [-0.3, -0.25) is 0 Å². The van der Waals surface area contributed by atoms with Crippen LogP contribution in [0.15, 0.2) is 46.9 Å². The summed E-state index contributed by atoms with van der Waals surface area (Å²) in [5.74, 6) is 0. The van der Waals surface area contributed by atoms with Crippen molar-refractivity contribution < 1.29 is 0 Å². The van der Waals surface area contributed by atoms with Crippen LogP contribution in [0.3, 0.4) is 0 Å². The molecule has 0 atom stereocenters. The number of benzene rings is 2. The lowest BCUT2D eigenvalue weighted by Gasteiger charge is -2.09. The van der Waals surface area contributed by atoms with Crippen LogP contribution in [0.2, 0.25) is 5.02 Å². The average Bonchev–Trinajstić information content (AvgIpc) is 2.41. The fourth-order valence-electron chi connectivity index (χ4n) is 1.78. The lowest BCUT2D eigenvalue weighted by atomic mass is 10.1. The fourth-order valence-corrected chi connectivity index (χ4v) is 2.36. The van der Waals surface area contributed by atoms with Gasteiger partial charge in [-0.2, -0.15) is 5.26 Å². The van der Waals surface area contributed by atoms with E-state index in [0.29, 0.717) is 5.56 Å². The molecule has 0 radical (unpaired) electrons. The van der Waals surface area contributed by atoms with Gasteiger partial charge in [0.2, 0.25) is 0 Å². The molecule has 2 nitrogen and oxygen atoms in total. The molecule has 19 heavy (non-hydrogen) atoms. The molecule has 0 aromatic heterocycles. The summed E-state index contributed by atoms with van der Waals surface area (Å²) >= 11 is 9.22. The summed E-state index contributed by atoms with van der Waals surface area (Å²) in [5, 5.41) is 13.1. The summed E-state index contributed by atoms with van der Waals surface area (Å²) in [6, 6.07) is 15.7. The van der Waals surface area contributed by atoms with E-state index >= 15 is 0 Å². The summed E-state index contributed by atoms with van der Waals surface area (Å²) in [6.07, 6.45) is 0.883. The van der Waals surface area contributed by atoms with Gasteiger partial charge < -0.3 is 5.32 Å². The second kappa shape index (κ2) is 6.60. The molecule has 0 saturated heterocycles. The molecule has 0 fully saturated rings. The van der Waals surface area contributed by atoms with Crippen LogP contribution in [0.25, 0.3) is 0 Å². The molecule has 1 N–H and O–H groups in total. The van der Waals surface area contributed by atoms with Gasteiger partial charge in [-0.15, -0.1) is 0 Å². The molecule has 2 rings (SSSR count). The van der Waals surface area contributed by atoms with Gasteiger partial charge in [-0.25, -0.2) is 0 Å². The first-order valence-corrected chi connectivity index (χ1v) is 7.05. The molecule has 2 aromatic carbocycles. The summed E-state index contributed by atoms with van der Waals surface area (Å²) in [4.78, 5) is 0. The number of nitrogens with one attached hydrogen (secondary N) is 1. The van der Waals surface area contributed by atoms with Crippen molar-refractivity contribution in [2.75, 3.05) is 11.9 Å². The Kier molecular flexibility index (Phi) is 4.84. The third-order valence-corrected chi connectivity index (χ3v) is 3.68. The average molecular weight is 336 g/mol. The molecule has 0 aliphatic rings. The van der Waals surface area contributed by atoms with Gasteiger partial charge in [0.1, 0.15) is 6.07 Å². The van der Waals surface area contributed by atoms with Crippen molar-refractivity contribution >= 4 is 33.2 Å². The molecule has 4 heteroatoms. The Morgan fingerprint density at radius 3 is 2.58 bits per heavy atom. The number of anilines is 1. The van der Waals surface area contributed by atoms with Crippen molar-refractivity contribution in [3.05, 3.63) is 63.1 Å². The summed E-state index contributed by atoms with van der Waals surface area (Å²) in [6.45, 7) is 0.771. The van der Waals surface area contributed by atoms with Gasteiger partial charge in [0.15, 0.2) is 0 Å². The molecule has 0 heterocycles. The van der Waals surface area contributed by atoms with Gasteiger partial charge in [-0.1, -0.05) is 29.8 Å². The molecular weight excluding hydrogens is 324 g/mol. The van der Waals surface area contributed by atoms with Gasteiger partial charge in [-0.05, 0) is 52.2 Å². The lowest BCUT2D eigenvalue weighted by Crippen LogP contribution is -2.06. The van der Waals surface area contributed by atoms with Crippen LogP contribution in [0.1, 0.15) is 11.1 Å². The minimum atomic E-state index is 0.638. The minimum Gasteiger partial charge on any atom is -0.384 e. The highest BCUT2D eigenvalue weighted by atomic mass is 79.9. The van der Waals surface area contributed by atoms with Crippen molar-refractivity contribution in [1.29, 1.82) is 5.26 Å². The molecule has 0 amide bonds. The molecule has 0 aliphatic carbocycles. The Balaban J connectivity index is 1.98. The first-order valence-electron chi connectivity index (χ1n) is 5.87. The first-order chi connectivity index (χ1) is 9.20. The monoisotopic (exact) mass is 334 g/mol. The Morgan fingerprint density at radius 1 is 1.16 bits per heavy atom. The maximum atomic E-state index is 9.11. The number of rotatable bonds is 4. The highest BCUT2D eigenvalue weighted by molar-refractivity contribution is 9.10. The SMILES string of the molecule is N#Cc1c(Br)cccc1NCCc1ccc(Cl)cc1. The first kappa shape index (κ1) is 13.9. The quantitative estimate of drug-likeness (QED) is 0.884. The Bertz CT molecular complexity index is 603. The van der Waals surface area contributed by atoms with E-state index in [1.165, 1.54) is 5.56 Å². The summed E-state index contributed by atoms with van der Waals surface area (Å²) in [7, 11) is 0. The molecule has 0 saturated carbocycles. The summed E-state index contributed by atoms with van der Waals surface area (Å²) < 4.78 is 0.812. The van der Waals surface area contributed by atoms with E-state index in [1.807, 2.05) is 42.5 Å². The van der Waals surface area contributed by atoms with E-state index < -0.39 is 0 Å². The predicted octanol–water partition coefficient (Wildman–Crippen LogP) is 4.63. The maximum absolute atomic E-state index is 9.11. The van der Waals surface area contributed by atoms with Crippen molar-refractivity contribution in [2.24, 2.45) is 0 Å². The molecule has 2 aromatic rings. The minimum absolute atomic E-state index is 0.638. The van der Waals surface area contributed by atoms with E-state index in [1.54, 1.807) is 0 Å². The normalized spacial score (nSPS) is 9.95. The molecule has 0 aliphatic heterocycles. The van der Waals surface area contributed by atoms with Crippen LogP contribution in [-0.2, 0) is 6.42 Å². The van der Waals surface area contributed by atoms with E-state index in [2.05, 4.69) is 27.3 Å². The smallest absolute Gasteiger partial charge is 0.103 e. The number of hydrogen-bond donors (Lipinski definition) is 1. The Hall–Kier alpha value is -1.50. The van der Waals surface area contributed by atoms with E-state index in [-0.39, 0.29) is 0 Å². The third-order valence-electron chi connectivity index (χ3n) is 2.77. The van der Waals surface area contributed by atoms with E-state index in [4.69, 9.17) is 16.9 Å². The van der Waals surface area contributed by atoms with Crippen LogP contribution in [0.4, 0.5) is 5.69 Å². The fraction of sp³-hybridized carbons (Fsp3) is 0.133. The maximum Gasteiger partial charge on any atom is 0.103 e. The van der Waals surface area contributed by atoms with Crippen LogP contribution in [-0.4, -0.2) is 6.54 Å². The largest absolute Gasteiger partial charge is 0.384 e. The van der Waals surface area contributed by atoms with Crippen LogP contribution < -0.4 is 5.32 Å². The zero-order chi connectivity index (χ0) is 13.7. The molecule has 0 unspecified atom stereocenters. The number of hydrogen-bond acceptors (Lipinski definition) is 2. The van der Waals surface area contributed by atoms with Gasteiger partial charge in [0.25, 0.3) is 0 Å². The number of nitriles is 1. The molecular formula is C15H12BrClN2. The zero-order valence-corrected chi connectivity index (χ0v) is 12.5. The molecule has 0 bridgehead atoms. The van der Waals surface area contributed by atoms with Crippen molar-refractivity contribution in [3.63, 3.8) is 0 Å². The highest BCUT2D eigenvalue weighted by Crippen LogP contribution is 2.23. The topological polar surface area (TPSA) is 35.8 Å². The van der Waals surface area contributed by atoms with Gasteiger partial charge >= 0.3 is 0 Å². The molecule has 0 spiro atoms. The number of halogens is 2. The van der Waals surface area contributed by atoms with Crippen molar-refractivity contribution in [1.82, 2.24) is 0 Å². The predicted molar refractivity (Wildman–Crippen MR) is 82.5 cm³/mol. The number of nitrogens with zero attached hydrogens (tertiary/aromatic N) is 1. The second-order valence-corrected chi connectivity index (χ2v) is 5.37. The van der Waals surface area contributed by atoms with Crippen LogP contribution in [0.5, 0.6) is 0 Å². The van der Waals surface area contributed by atoms with Crippen LogP contribution in [0, 0.1) is 11.3 Å². The molecule has 96 valence electrons. The third kappa shape index (κ3) is 3.73. The van der Waals surface area contributed by atoms with Gasteiger partial charge in [0.05, 0.1) is 11.3 Å². The van der Waals surface area contributed by atoms with Crippen molar-refractivity contribution in [3.8, 4) is 6.07 Å². The van der Waals surface area contributed by atoms with Crippen molar-refractivity contribution in [2.45, 2.75) is 6.42 Å². The highest BCUT2D eigenvalue weighted by Gasteiger charge is 2.04. The summed E-state index contributed by atoms with van der Waals surface area (Å²) in [5.41, 5.74) is 2.70. The Morgan fingerprint density at radius 2 is 1.89 bits per heavy atom. The van der Waals surface area contributed by atoms with E-state index in [9.17, 15) is 0 Å². The van der Waals surface area contributed by atoms with Gasteiger partial charge in [0, 0.05) is 16.0 Å².